The van der Waals surface area contributed by atoms with Gasteiger partial charge in [-0.1, -0.05) is 18.2 Å². The van der Waals surface area contributed by atoms with Crippen molar-refractivity contribution in [3.8, 4) is 11.5 Å². The van der Waals surface area contributed by atoms with Crippen LogP contribution in [0.2, 0.25) is 0 Å². The van der Waals surface area contributed by atoms with Crippen LogP contribution in [-0.4, -0.2) is 21.1 Å². The summed E-state index contributed by atoms with van der Waals surface area (Å²) in [6, 6.07) is 17.0. The third-order valence-corrected chi connectivity index (χ3v) is 6.27. The first-order valence-electron chi connectivity index (χ1n) is 9.89. The Morgan fingerprint density at radius 2 is 1.69 bits per heavy atom. The third-order valence-electron chi connectivity index (χ3n) is 4.89. The van der Waals surface area contributed by atoms with E-state index in [0.29, 0.717) is 22.9 Å². The van der Waals surface area contributed by atoms with Crippen LogP contribution in [0, 0.1) is 13.8 Å². The molecule has 0 saturated carbocycles. The van der Waals surface area contributed by atoms with Crippen molar-refractivity contribution in [3.63, 3.8) is 0 Å². The Bertz CT molecular complexity index is 1300. The van der Waals surface area contributed by atoms with Gasteiger partial charge in [0.15, 0.2) is 11.5 Å². The van der Waals surface area contributed by atoms with E-state index in [1.165, 1.54) is 18.2 Å². The molecular weight excluding hydrogens is 428 g/mol. The molecular formula is C24H22N2O5S. The molecule has 0 unspecified atom stereocenters. The maximum absolute atomic E-state index is 12.7. The van der Waals surface area contributed by atoms with Gasteiger partial charge < -0.3 is 14.8 Å². The smallest absolute Gasteiger partial charge is 0.261 e. The fraction of sp³-hybridized carbons (Fsp3) is 0.125. The summed E-state index contributed by atoms with van der Waals surface area (Å²) in [5.41, 5.74) is 3.60. The van der Waals surface area contributed by atoms with Crippen molar-refractivity contribution in [3.05, 3.63) is 83.4 Å². The van der Waals surface area contributed by atoms with Crippen molar-refractivity contribution in [2.75, 3.05) is 16.8 Å². The van der Waals surface area contributed by atoms with Gasteiger partial charge in [0, 0.05) is 11.8 Å². The molecule has 164 valence electrons. The second kappa shape index (κ2) is 8.76. The van der Waals surface area contributed by atoms with Crippen LogP contribution in [0.25, 0.3) is 6.08 Å². The summed E-state index contributed by atoms with van der Waals surface area (Å²) >= 11 is 0. The molecule has 0 spiro atoms. The lowest BCUT2D eigenvalue weighted by molar-refractivity contribution is -0.111. The number of hydrogen-bond donors (Lipinski definition) is 2. The Balaban J connectivity index is 1.40. The Hall–Kier alpha value is -3.78. The lowest BCUT2D eigenvalue weighted by Crippen LogP contribution is -2.14. The monoisotopic (exact) mass is 450 g/mol. The summed E-state index contributed by atoms with van der Waals surface area (Å²) in [5.74, 6) is 0.972. The minimum atomic E-state index is -3.75. The number of hydrogen-bond acceptors (Lipinski definition) is 5. The molecule has 0 aliphatic carbocycles. The highest BCUT2D eigenvalue weighted by Crippen LogP contribution is 2.32. The minimum Gasteiger partial charge on any atom is -0.454 e. The number of anilines is 2. The Kier molecular flexibility index (Phi) is 5.87. The predicted molar refractivity (Wildman–Crippen MR) is 123 cm³/mol. The van der Waals surface area contributed by atoms with Gasteiger partial charge in [0.2, 0.25) is 12.7 Å². The lowest BCUT2D eigenvalue weighted by atomic mass is 10.1. The van der Waals surface area contributed by atoms with Crippen molar-refractivity contribution in [1.29, 1.82) is 0 Å². The van der Waals surface area contributed by atoms with Gasteiger partial charge in [0.1, 0.15) is 0 Å². The molecule has 1 aliphatic heterocycles. The zero-order valence-electron chi connectivity index (χ0n) is 17.6. The molecule has 3 aromatic rings. The van der Waals surface area contributed by atoms with E-state index in [1.54, 1.807) is 36.4 Å². The first-order valence-corrected chi connectivity index (χ1v) is 11.4. The molecule has 8 heteroatoms. The van der Waals surface area contributed by atoms with Crippen LogP contribution in [0.1, 0.15) is 16.7 Å². The number of carbonyl (C=O) groups is 1. The van der Waals surface area contributed by atoms with Gasteiger partial charge in [-0.25, -0.2) is 8.42 Å². The highest BCUT2D eigenvalue weighted by molar-refractivity contribution is 7.92. The number of ether oxygens (including phenoxy) is 2. The highest BCUT2D eigenvalue weighted by atomic mass is 32.2. The second-order valence-corrected chi connectivity index (χ2v) is 9.07. The van der Waals surface area contributed by atoms with Gasteiger partial charge in [-0.2, -0.15) is 0 Å². The standard InChI is InChI=1S/C24H22N2O5S/c1-16-3-4-17(2)21(13-16)26-32(28,29)20-9-7-19(8-10-20)25-24(27)12-6-18-5-11-22-23(14-18)31-15-30-22/h3-14,26H,15H2,1-2H3,(H,25,27)/b12-6+. The van der Waals surface area contributed by atoms with E-state index in [1.807, 2.05) is 32.0 Å². The molecule has 7 nitrogen and oxygen atoms in total. The van der Waals surface area contributed by atoms with E-state index >= 15 is 0 Å². The number of benzene rings is 3. The lowest BCUT2D eigenvalue weighted by Gasteiger charge is -2.12. The molecule has 32 heavy (non-hydrogen) atoms. The van der Waals surface area contributed by atoms with Crippen LogP contribution >= 0.6 is 0 Å². The van der Waals surface area contributed by atoms with E-state index in [4.69, 9.17) is 9.47 Å². The Morgan fingerprint density at radius 3 is 2.47 bits per heavy atom. The number of amides is 1. The van der Waals surface area contributed by atoms with Gasteiger partial charge in [-0.15, -0.1) is 0 Å². The summed E-state index contributed by atoms with van der Waals surface area (Å²) in [4.78, 5) is 12.3. The summed E-state index contributed by atoms with van der Waals surface area (Å²) in [7, 11) is -3.75. The van der Waals surface area contributed by atoms with Gasteiger partial charge in [-0.05, 0) is 79.1 Å². The zero-order valence-corrected chi connectivity index (χ0v) is 18.4. The van der Waals surface area contributed by atoms with E-state index in [9.17, 15) is 13.2 Å². The maximum Gasteiger partial charge on any atom is 0.261 e. The van der Waals surface area contributed by atoms with E-state index < -0.39 is 10.0 Å². The van der Waals surface area contributed by atoms with Crippen LogP contribution in [-0.2, 0) is 14.8 Å². The van der Waals surface area contributed by atoms with E-state index in [-0.39, 0.29) is 17.6 Å². The van der Waals surface area contributed by atoms with Gasteiger partial charge in [-0.3, -0.25) is 9.52 Å². The molecule has 0 fully saturated rings. The first-order chi connectivity index (χ1) is 15.3. The highest BCUT2D eigenvalue weighted by Gasteiger charge is 2.16. The fourth-order valence-electron chi connectivity index (χ4n) is 3.14. The molecule has 3 aromatic carbocycles. The summed E-state index contributed by atoms with van der Waals surface area (Å²) < 4.78 is 38.6. The molecule has 1 aliphatic rings. The number of rotatable bonds is 6. The number of carbonyl (C=O) groups excluding carboxylic acids is 1. The maximum atomic E-state index is 12.7. The number of nitrogens with one attached hydrogen (secondary N) is 2. The quantitative estimate of drug-likeness (QED) is 0.540. The van der Waals surface area contributed by atoms with Gasteiger partial charge in [0.25, 0.3) is 10.0 Å². The van der Waals surface area contributed by atoms with Crippen LogP contribution in [0.15, 0.2) is 71.6 Å². The number of fused-ring (bicyclic) bond motifs is 1. The fourth-order valence-corrected chi connectivity index (χ4v) is 4.26. The zero-order chi connectivity index (χ0) is 22.7. The summed E-state index contributed by atoms with van der Waals surface area (Å²) in [6.07, 6.45) is 3.05. The predicted octanol–water partition coefficient (Wildman–Crippen LogP) is 4.48. The Morgan fingerprint density at radius 1 is 0.938 bits per heavy atom. The molecule has 0 aromatic heterocycles. The van der Waals surface area contributed by atoms with Crippen molar-refractivity contribution < 1.29 is 22.7 Å². The summed E-state index contributed by atoms with van der Waals surface area (Å²) in [5, 5.41) is 2.71. The molecule has 1 heterocycles. The van der Waals surface area contributed by atoms with Crippen LogP contribution in [0.3, 0.4) is 0 Å². The van der Waals surface area contributed by atoms with Crippen molar-refractivity contribution in [1.82, 2.24) is 0 Å². The third kappa shape index (κ3) is 4.92. The van der Waals surface area contributed by atoms with Crippen molar-refractivity contribution in [2.24, 2.45) is 0 Å². The summed E-state index contributed by atoms with van der Waals surface area (Å²) in [6.45, 7) is 3.93. The topological polar surface area (TPSA) is 93.7 Å². The van der Waals surface area contributed by atoms with E-state index in [2.05, 4.69) is 10.0 Å². The van der Waals surface area contributed by atoms with Crippen molar-refractivity contribution in [2.45, 2.75) is 18.7 Å². The molecule has 0 bridgehead atoms. The van der Waals surface area contributed by atoms with Crippen molar-refractivity contribution >= 4 is 33.4 Å². The average molecular weight is 451 g/mol. The SMILES string of the molecule is Cc1ccc(C)c(NS(=O)(=O)c2ccc(NC(=O)/C=C/c3ccc4c(c3)OCO4)cc2)c1. The average Bonchev–Trinajstić information content (AvgIpc) is 3.23. The minimum absolute atomic E-state index is 0.104. The molecule has 0 saturated heterocycles. The van der Waals surface area contributed by atoms with Gasteiger partial charge >= 0.3 is 0 Å². The molecule has 2 N–H and O–H groups in total. The molecule has 4 rings (SSSR count). The molecule has 0 atom stereocenters. The second-order valence-electron chi connectivity index (χ2n) is 7.38. The molecule has 0 radical (unpaired) electrons. The molecule has 1 amide bonds. The normalized spacial score (nSPS) is 12.7. The largest absolute Gasteiger partial charge is 0.454 e. The first kappa shape index (κ1) is 21.5. The Labute approximate surface area is 186 Å². The van der Waals surface area contributed by atoms with Crippen LogP contribution < -0.4 is 19.5 Å². The number of aryl methyl sites for hydroxylation is 2. The van der Waals surface area contributed by atoms with Crippen LogP contribution in [0.5, 0.6) is 11.5 Å². The van der Waals surface area contributed by atoms with Gasteiger partial charge in [0.05, 0.1) is 10.6 Å². The van der Waals surface area contributed by atoms with Crippen LogP contribution in [0.4, 0.5) is 11.4 Å². The van der Waals surface area contributed by atoms with E-state index in [0.717, 1.165) is 16.7 Å². The number of sulfonamides is 1.